The zero-order valence-corrected chi connectivity index (χ0v) is 10.0. The van der Waals surface area contributed by atoms with Gasteiger partial charge in [0.2, 0.25) is 0 Å². The van der Waals surface area contributed by atoms with Gasteiger partial charge in [0.05, 0.1) is 0 Å². The molecule has 2 rings (SSSR count). The van der Waals surface area contributed by atoms with Crippen LogP contribution < -0.4 is 11.1 Å². The van der Waals surface area contributed by atoms with Crippen LogP contribution in [0.3, 0.4) is 0 Å². The largest absolute Gasteiger partial charge is 0.399 e. The molecule has 86 valence electrons. The molecule has 0 saturated heterocycles. The molecule has 1 aromatic heterocycles. The van der Waals surface area contributed by atoms with Crippen molar-refractivity contribution in [2.45, 2.75) is 17.6 Å². The van der Waals surface area contributed by atoms with Crippen LogP contribution in [0.25, 0.3) is 0 Å². The molecule has 1 aromatic rings. The average molecular weight is 237 g/mol. The lowest BCUT2D eigenvalue weighted by atomic mass is 10.3. The molecule has 0 aromatic carbocycles. The van der Waals surface area contributed by atoms with E-state index in [9.17, 15) is 4.79 Å². The fraction of sp³-hybridized carbons (Fsp3) is 0.455. The Kier molecular flexibility index (Phi) is 3.05. The number of hydrogen-bond donors (Lipinski definition) is 2. The van der Waals surface area contributed by atoms with Gasteiger partial charge in [-0.2, -0.15) is 11.8 Å². The highest BCUT2D eigenvalue weighted by atomic mass is 32.2. The van der Waals surface area contributed by atoms with E-state index in [0.29, 0.717) is 17.9 Å². The lowest BCUT2D eigenvalue weighted by Gasteiger charge is -2.12. The van der Waals surface area contributed by atoms with E-state index in [4.69, 9.17) is 5.73 Å². The summed E-state index contributed by atoms with van der Waals surface area (Å²) in [6.45, 7) is 0.712. The quantitative estimate of drug-likeness (QED) is 0.828. The Bertz CT molecular complexity index is 404. The molecule has 3 N–H and O–H groups in total. The van der Waals surface area contributed by atoms with Crippen LogP contribution in [-0.2, 0) is 0 Å². The fourth-order valence-electron chi connectivity index (χ4n) is 1.50. The summed E-state index contributed by atoms with van der Waals surface area (Å²) < 4.78 is 0.274. The molecule has 1 amide bonds. The third kappa shape index (κ3) is 2.47. The molecule has 1 saturated carbocycles. The Morgan fingerprint density at radius 3 is 3.00 bits per heavy atom. The Morgan fingerprint density at radius 2 is 2.44 bits per heavy atom. The van der Waals surface area contributed by atoms with Crippen molar-refractivity contribution in [1.82, 2.24) is 10.3 Å². The number of carbonyl (C=O) groups is 1. The smallest absolute Gasteiger partial charge is 0.270 e. The lowest BCUT2D eigenvalue weighted by Crippen LogP contribution is -2.32. The molecule has 4 nitrogen and oxygen atoms in total. The summed E-state index contributed by atoms with van der Waals surface area (Å²) in [5.41, 5.74) is 6.54. The van der Waals surface area contributed by atoms with E-state index in [1.165, 1.54) is 12.8 Å². The maximum Gasteiger partial charge on any atom is 0.270 e. The van der Waals surface area contributed by atoms with Crippen molar-refractivity contribution in [3.8, 4) is 0 Å². The van der Waals surface area contributed by atoms with E-state index >= 15 is 0 Å². The first-order valence-corrected chi connectivity index (χ1v) is 6.43. The molecule has 0 atom stereocenters. The van der Waals surface area contributed by atoms with Crippen molar-refractivity contribution in [1.29, 1.82) is 0 Å². The van der Waals surface area contributed by atoms with Gasteiger partial charge < -0.3 is 11.1 Å². The van der Waals surface area contributed by atoms with Crippen LogP contribution in [0.1, 0.15) is 23.3 Å². The van der Waals surface area contributed by atoms with Gasteiger partial charge >= 0.3 is 0 Å². The molecule has 16 heavy (non-hydrogen) atoms. The molecule has 1 aliphatic rings. The summed E-state index contributed by atoms with van der Waals surface area (Å²) in [7, 11) is 0. The minimum Gasteiger partial charge on any atom is -0.399 e. The number of aromatic nitrogens is 1. The van der Waals surface area contributed by atoms with E-state index in [-0.39, 0.29) is 10.7 Å². The number of thioether (sulfide) groups is 1. The molecule has 0 radical (unpaired) electrons. The molecule has 5 heteroatoms. The van der Waals surface area contributed by atoms with Crippen molar-refractivity contribution in [2.75, 3.05) is 18.5 Å². The van der Waals surface area contributed by atoms with Gasteiger partial charge in [0, 0.05) is 23.2 Å². The number of hydrogen-bond acceptors (Lipinski definition) is 4. The number of anilines is 1. The van der Waals surface area contributed by atoms with Crippen LogP contribution in [0.15, 0.2) is 18.3 Å². The molecule has 0 spiro atoms. The van der Waals surface area contributed by atoms with Crippen LogP contribution in [0.5, 0.6) is 0 Å². The number of amides is 1. The molecule has 1 fully saturated rings. The maximum atomic E-state index is 11.7. The average Bonchev–Trinajstić information content (AvgIpc) is 3.07. The molecular formula is C11H15N3OS. The number of nitrogens with one attached hydrogen (secondary N) is 1. The monoisotopic (exact) mass is 237 g/mol. The first-order valence-electron chi connectivity index (χ1n) is 5.20. The lowest BCUT2D eigenvalue weighted by molar-refractivity contribution is 0.0948. The van der Waals surface area contributed by atoms with E-state index in [1.54, 1.807) is 18.3 Å². The van der Waals surface area contributed by atoms with E-state index in [1.807, 2.05) is 11.8 Å². The highest BCUT2D eigenvalue weighted by Gasteiger charge is 2.41. The molecule has 1 aliphatic carbocycles. The first kappa shape index (κ1) is 11.3. The van der Waals surface area contributed by atoms with Gasteiger partial charge in [-0.3, -0.25) is 9.78 Å². The van der Waals surface area contributed by atoms with Gasteiger partial charge in [0.15, 0.2) is 0 Å². The van der Waals surface area contributed by atoms with Crippen molar-refractivity contribution in [2.24, 2.45) is 0 Å². The van der Waals surface area contributed by atoms with Crippen molar-refractivity contribution in [3.05, 3.63) is 24.0 Å². The normalized spacial score (nSPS) is 16.8. The van der Waals surface area contributed by atoms with Crippen LogP contribution in [0.2, 0.25) is 0 Å². The van der Waals surface area contributed by atoms with E-state index in [2.05, 4.69) is 16.6 Å². The molecule has 1 heterocycles. The molecule has 0 unspecified atom stereocenters. The maximum absolute atomic E-state index is 11.7. The minimum atomic E-state index is -0.146. The SMILES string of the molecule is CSC1(CNC(=O)c2cc(N)ccn2)CC1. The van der Waals surface area contributed by atoms with Gasteiger partial charge in [0.1, 0.15) is 5.69 Å². The number of pyridine rings is 1. The first-order chi connectivity index (χ1) is 7.65. The number of nitrogens with two attached hydrogens (primary N) is 1. The number of rotatable bonds is 4. The van der Waals surface area contributed by atoms with Gasteiger partial charge in [-0.1, -0.05) is 0 Å². The summed E-state index contributed by atoms with van der Waals surface area (Å²) in [5, 5.41) is 2.90. The summed E-state index contributed by atoms with van der Waals surface area (Å²) >= 11 is 1.82. The number of nitrogens with zero attached hydrogens (tertiary/aromatic N) is 1. The zero-order valence-electron chi connectivity index (χ0n) is 9.19. The van der Waals surface area contributed by atoms with Crippen molar-refractivity contribution in [3.63, 3.8) is 0 Å². The van der Waals surface area contributed by atoms with E-state index in [0.717, 1.165) is 0 Å². The Hall–Kier alpha value is -1.23. The third-order valence-electron chi connectivity index (χ3n) is 2.83. The Labute approximate surface area is 99.0 Å². The minimum absolute atomic E-state index is 0.146. The standard InChI is InChI=1S/C11H15N3OS/c1-16-11(3-4-11)7-14-10(15)9-6-8(12)2-5-13-9/h2,5-6H,3-4,7H2,1H3,(H2,12,13)(H,14,15). The van der Waals surface area contributed by atoms with Crippen LogP contribution >= 0.6 is 11.8 Å². The van der Waals surface area contributed by atoms with Crippen molar-refractivity contribution >= 4 is 23.4 Å². The predicted octanol–water partition coefficient (Wildman–Crippen LogP) is 1.29. The van der Waals surface area contributed by atoms with Gasteiger partial charge in [0.25, 0.3) is 5.91 Å². The van der Waals surface area contributed by atoms with Gasteiger partial charge in [-0.25, -0.2) is 0 Å². The second-order valence-electron chi connectivity index (χ2n) is 4.04. The zero-order chi connectivity index (χ0) is 11.6. The van der Waals surface area contributed by atoms with Crippen LogP contribution in [-0.4, -0.2) is 28.4 Å². The highest BCUT2D eigenvalue weighted by molar-refractivity contribution is 8.00. The van der Waals surface area contributed by atoms with Crippen molar-refractivity contribution < 1.29 is 4.79 Å². The Balaban J connectivity index is 1.93. The summed E-state index contributed by atoms with van der Waals surface area (Å²) in [5.74, 6) is -0.146. The van der Waals surface area contributed by atoms with Gasteiger partial charge in [-0.05, 0) is 31.2 Å². The second-order valence-corrected chi connectivity index (χ2v) is 5.32. The van der Waals surface area contributed by atoms with Crippen LogP contribution in [0.4, 0.5) is 5.69 Å². The second kappa shape index (κ2) is 4.33. The van der Waals surface area contributed by atoms with E-state index < -0.39 is 0 Å². The summed E-state index contributed by atoms with van der Waals surface area (Å²) in [6.07, 6.45) is 5.99. The highest BCUT2D eigenvalue weighted by Crippen LogP contribution is 2.46. The summed E-state index contributed by atoms with van der Waals surface area (Å²) in [4.78, 5) is 15.7. The number of nitrogen functional groups attached to an aromatic ring is 1. The molecule has 0 bridgehead atoms. The topological polar surface area (TPSA) is 68.0 Å². The predicted molar refractivity (Wildman–Crippen MR) is 66.5 cm³/mol. The molecular weight excluding hydrogens is 222 g/mol. The fourth-order valence-corrected chi connectivity index (χ4v) is 2.22. The van der Waals surface area contributed by atoms with Crippen LogP contribution in [0, 0.1) is 0 Å². The summed E-state index contributed by atoms with van der Waals surface area (Å²) in [6, 6.07) is 3.26. The molecule has 0 aliphatic heterocycles. The number of carbonyl (C=O) groups excluding carboxylic acids is 1. The Morgan fingerprint density at radius 1 is 1.69 bits per heavy atom. The third-order valence-corrected chi connectivity index (χ3v) is 4.25. The van der Waals surface area contributed by atoms with Gasteiger partial charge in [-0.15, -0.1) is 0 Å².